The Morgan fingerprint density at radius 2 is 0.897 bits per heavy atom. The van der Waals surface area contributed by atoms with E-state index in [1.165, 1.54) is 49.7 Å². The summed E-state index contributed by atoms with van der Waals surface area (Å²) in [7, 11) is 0. The third kappa shape index (κ3) is 21.3. The highest BCUT2D eigenvalue weighted by Crippen LogP contribution is 2.22. The standard InChI is InChI=1S/C36H44N4O4.C28H38N4O2/c1-26(23-33(41)32(39-31-15-9-4-10-16-31)22-19-27-11-5-2-6-12-27)35(42)38-24-28-17-20-30(21-18-28)34(37)40-36(43)44-25-29-13-7-3-8-14-29;1-20(28(34)31-19-22-12-15-23(16-13-22)27(29)30)18-26(33)25(32-24-10-6-3-7-11-24)17-14-21-8-4-2-5-9-21/h2-3,5-8,11-14,17-18,20-21,26,31-32,39H,4,9-10,15-16,19,22-25H2,1H3,(H,38,42)(H2,37,40,43);2,4-5,8-9,12-13,15-16,20,24-25,32H,3,6-7,10-11,14,17-19H2,1H3,(H3,29,30)(H,31,34)/t26-,32-;20-,25-/m11/s1. The average Bonchev–Trinajstić information content (AvgIpc) is 3.47. The molecule has 0 aliphatic heterocycles. The molecule has 2 saturated carbocycles. The van der Waals surface area contributed by atoms with E-state index in [0.29, 0.717) is 42.7 Å². The molecule has 9 N–H and O–H groups in total. The molecular formula is C64H82N8O6. The maximum Gasteiger partial charge on any atom is 0.413 e. The molecule has 2 aliphatic carbocycles. The van der Waals surface area contributed by atoms with Gasteiger partial charge in [0.05, 0.1) is 12.1 Å². The molecule has 2 fully saturated rings. The molecule has 3 amide bonds. The molecule has 0 spiro atoms. The van der Waals surface area contributed by atoms with Crippen LogP contribution < -0.4 is 32.3 Å². The lowest BCUT2D eigenvalue weighted by Gasteiger charge is -2.28. The molecule has 0 bridgehead atoms. The Balaban J connectivity index is 0.000000261. The third-order valence-corrected chi connectivity index (χ3v) is 14.8. The van der Waals surface area contributed by atoms with E-state index in [2.05, 4.69) is 50.8 Å². The quantitative estimate of drug-likeness (QED) is 0.0194. The smallest absolute Gasteiger partial charge is 0.413 e. The monoisotopic (exact) mass is 1060 g/mol. The molecule has 0 saturated heterocycles. The highest BCUT2D eigenvalue weighted by Gasteiger charge is 2.28. The van der Waals surface area contributed by atoms with Gasteiger partial charge < -0.3 is 31.7 Å². The highest BCUT2D eigenvalue weighted by molar-refractivity contribution is 6.04. The van der Waals surface area contributed by atoms with E-state index in [1.54, 1.807) is 43.3 Å². The lowest BCUT2D eigenvalue weighted by molar-refractivity contribution is -0.130. The van der Waals surface area contributed by atoms with Crippen molar-refractivity contribution in [2.45, 2.75) is 160 Å². The molecule has 0 unspecified atom stereocenters. The third-order valence-electron chi connectivity index (χ3n) is 14.8. The number of benzene rings is 5. The van der Waals surface area contributed by atoms with Crippen molar-refractivity contribution in [3.05, 3.63) is 178 Å². The number of carbonyl (C=O) groups is 5. The van der Waals surface area contributed by atoms with Crippen molar-refractivity contribution in [1.82, 2.24) is 26.6 Å². The molecule has 5 aromatic carbocycles. The fourth-order valence-corrected chi connectivity index (χ4v) is 10.0. The fraction of sp³-hybridized carbons (Fsp3) is 0.422. The number of hydrogen-bond acceptors (Lipinski definition) is 10. The summed E-state index contributed by atoms with van der Waals surface area (Å²) in [6.07, 6.45) is 14.6. The van der Waals surface area contributed by atoms with E-state index < -0.39 is 17.9 Å². The van der Waals surface area contributed by atoms with Crippen LogP contribution in [0.3, 0.4) is 0 Å². The van der Waals surface area contributed by atoms with Gasteiger partial charge in [0.1, 0.15) is 18.3 Å². The van der Waals surface area contributed by atoms with Crippen LogP contribution in [-0.2, 0) is 56.5 Å². The van der Waals surface area contributed by atoms with Crippen molar-refractivity contribution < 1.29 is 28.7 Å². The van der Waals surface area contributed by atoms with Gasteiger partial charge in [-0.05, 0) is 79.2 Å². The molecule has 0 heterocycles. The van der Waals surface area contributed by atoms with Gasteiger partial charge in [-0.15, -0.1) is 0 Å². The Hall–Kier alpha value is -7.29. The largest absolute Gasteiger partial charge is 0.444 e. The van der Waals surface area contributed by atoms with Crippen LogP contribution in [0, 0.1) is 22.7 Å². The van der Waals surface area contributed by atoms with Crippen LogP contribution in [0.2, 0.25) is 0 Å². The summed E-state index contributed by atoms with van der Waals surface area (Å²) in [4.78, 5) is 64.4. The number of aryl methyl sites for hydroxylation is 2. The molecule has 414 valence electrons. The maximum atomic E-state index is 13.4. The first-order valence-corrected chi connectivity index (χ1v) is 28.1. The van der Waals surface area contributed by atoms with Crippen LogP contribution in [0.25, 0.3) is 0 Å². The zero-order chi connectivity index (χ0) is 55.5. The molecule has 7 rings (SSSR count). The summed E-state index contributed by atoms with van der Waals surface area (Å²) in [6.45, 7) is 4.42. The second kappa shape index (κ2) is 32.4. The van der Waals surface area contributed by atoms with Gasteiger partial charge in [-0.3, -0.25) is 35.3 Å². The molecule has 14 nitrogen and oxygen atoms in total. The average molecular weight is 1060 g/mol. The topological polar surface area (TPSA) is 228 Å². The Morgan fingerprint density at radius 1 is 0.513 bits per heavy atom. The predicted molar refractivity (Wildman–Crippen MR) is 309 cm³/mol. The van der Waals surface area contributed by atoms with Crippen LogP contribution in [0.4, 0.5) is 4.79 Å². The molecule has 0 radical (unpaired) electrons. The van der Waals surface area contributed by atoms with Crippen molar-refractivity contribution in [2.24, 2.45) is 17.6 Å². The minimum atomic E-state index is -0.699. The van der Waals surface area contributed by atoms with Gasteiger partial charge in [0.2, 0.25) is 11.8 Å². The fourth-order valence-electron chi connectivity index (χ4n) is 10.0. The summed E-state index contributed by atoms with van der Waals surface area (Å²) in [5.74, 6) is -0.978. The van der Waals surface area contributed by atoms with E-state index in [-0.39, 0.29) is 66.6 Å². The van der Waals surface area contributed by atoms with Crippen LogP contribution in [0.5, 0.6) is 0 Å². The molecule has 78 heavy (non-hydrogen) atoms. The lowest BCUT2D eigenvalue weighted by Crippen LogP contribution is -2.45. The first kappa shape index (κ1) is 59.9. The summed E-state index contributed by atoms with van der Waals surface area (Å²) < 4.78 is 5.18. The van der Waals surface area contributed by atoms with Gasteiger partial charge in [0.25, 0.3) is 0 Å². The van der Waals surface area contributed by atoms with Gasteiger partial charge >= 0.3 is 6.09 Å². The van der Waals surface area contributed by atoms with Crippen molar-refractivity contribution in [2.75, 3.05) is 0 Å². The number of amidine groups is 2. The molecule has 0 aromatic heterocycles. The minimum Gasteiger partial charge on any atom is -0.444 e. The number of Topliss-reactive ketones (excluding diaryl/α,β-unsaturated/α-hetero) is 2. The zero-order valence-electron chi connectivity index (χ0n) is 45.7. The SMILES string of the molecule is C[C@H](CC(=O)[C@@H](CCc1ccccc1)NC1CCCCC1)C(=O)NCc1ccc(C(=N)N)cc1.C[C@H](CC(=O)[C@@H](CCc1ccccc1)NC1CCCCC1)C(=O)NCc1ccc(C(=N)NC(=O)OCc2ccccc2)cc1. The van der Waals surface area contributed by atoms with E-state index in [4.69, 9.17) is 21.3 Å². The number of nitrogen functional groups attached to an aromatic ring is 1. The first-order valence-electron chi connectivity index (χ1n) is 28.1. The number of alkyl carbamates (subject to hydrolysis) is 1. The Morgan fingerprint density at radius 3 is 1.29 bits per heavy atom. The number of hydrogen-bond donors (Lipinski definition) is 8. The van der Waals surface area contributed by atoms with Gasteiger partial charge in [-0.25, -0.2) is 4.79 Å². The number of rotatable bonds is 26. The van der Waals surface area contributed by atoms with Gasteiger partial charge in [-0.1, -0.05) is 192 Å². The van der Waals surface area contributed by atoms with Crippen molar-refractivity contribution >= 4 is 41.1 Å². The molecular weight excluding hydrogens is 977 g/mol. The molecule has 14 heteroatoms. The number of amides is 3. The van der Waals surface area contributed by atoms with Crippen LogP contribution >= 0.6 is 0 Å². The van der Waals surface area contributed by atoms with Crippen molar-refractivity contribution in [3.8, 4) is 0 Å². The normalized spacial score (nSPS) is 15.2. The van der Waals surface area contributed by atoms with Crippen LogP contribution in [-0.4, -0.2) is 65.3 Å². The first-order chi connectivity index (χ1) is 37.8. The van der Waals surface area contributed by atoms with Crippen LogP contribution in [0.1, 0.15) is 143 Å². The van der Waals surface area contributed by atoms with Crippen molar-refractivity contribution in [3.63, 3.8) is 0 Å². The van der Waals surface area contributed by atoms with Crippen molar-refractivity contribution in [1.29, 1.82) is 10.8 Å². The lowest BCUT2D eigenvalue weighted by atomic mass is 9.91. The second-order valence-corrected chi connectivity index (χ2v) is 21.1. The Labute approximate surface area is 461 Å². The van der Waals surface area contributed by atoms with Gasteiger partial charge in [0, 0.05) is 61.0 Å². The number of carbonyl (C=O) groups excluding carboxylic acids is 5. The number of nitrogens with one attached hydrogen (secondary N) is 7. The predicted octanol–water partition coefficient (Wildman–Crippen LogP) is 10.2. The number of ketones is 2. The maximum absolute atomic E-state index is 13.4. The molecule has 4 atom stereocenters. The number of ether oxygens (including phenoxy) is 1. The zero-order valence-corrected chi connectivity index (χ0v) is 45.7. The molecule has 5 aromatic rings. The molecule has 2 aliphatic rings. The van der Waals surface area contributed by atoms with E-state index in [1.807, 2.05) is 85.8 Å². The minimum absolute atomic E-state index is 0.0198. The Kier molecular flexibility index (Phi) is 24.9. The summed E-state index contributed by atoms with van der Waals surface area (Å²) in [5, 5.41) is 31.2. The summed E-state index contributed by atoms with van der Waals surface area (Å²) in [5.41, 5.74) is 11.7. The number of nitrogens with two attached hydrogens (primary N) is 1. The van der Waals surface area contributed by atoms with E-state index in [9.17, 15) is 24.0 Å². The van der Waals surface area contributed by atoms with Gasteiger partial charge in [0.15, 0.2) is 11.6 Å². The second-order valence-electron chi connectivity index (χ2n) is 21.1. The van der Waals surface area contributed by atoms with Gasteiger partial charge in [-0.2, -0.15) is 0 Å². The Bertz CT molecular complexity index is 2660. The summed E-state index contributed by atoms with van der Waals surface area (Å²) in [6, 6.07) is 44.3. The van der Waals surface area contributed by atoms with Crippen LogP contribution in [0.15, 0.2) is 140 Å². The summed E-state index contributed by atoms with van der Waals surface area (Å²) >= 11 is 0. The highest BCUT2D eigenvalue weighted by atomic mass is 16.5. The van der Waals surface area contributed by atoms with E-state index in [0.717, 1.165) is 61.6 Å². The van der Waals surface area contributed by atoms with E-state index >= 15 is 0 Å².